The van der Waals surface area contributed by atoms with Crippen LogP contribution >= 0.6 is 0 Å². The number of ether oxygens (including phenoxy) is 1. The van der Waals surface area contributed by atoms with Gasteiger partial charge in [0.25, 0.3) is 0 Å². The Hall–Kier alpha value is -2.52. The molecule has 10 heteroatoms. The van der Waals surface area contributed by atoms with E-state index in [1.807, 2.05) is 20.8 Å². The second kappa shape index (κ2) is 7.02. The lowest BCUT2D eigenvalue weighted by Crippen LogP contribution is -2.62. The number of halogens is 3. The number of fused-ring (bicyclic) bond motifs is 1. The van der Waals surface area contributed by atoms with E-state index in [9.17, 15) is 18.0 Å². The highest BCUT2D eigenvalue weighted by atomic mass is 19.4. The van der Waals surface area contributed by atoms with E-state index in [0.29, 0.717) is 24.4 Å². The molecule has 4 heterocycles. The number of hydrogen-bond donors (Lipinski definition) is 0. The van der Waals surface area contributed by atoms with E-state index in [0.717, 1.165) is 25.9 Å². The maximum atomic E-state index is 12.7. The summed E-state index contributed by atoms with van der Waals surface area (Å²) in [5, 5.41) is 4.06. The largest absolute Gasteiger partial charge is 0.444 e. The fourth-order valence-electron chi connectivity index (χ4n) is 4.27. The van der Waals surface area contributed by atoms with E-state index >= 15 is 0 Å². The van der Waals surface area contributed by atoms with Crippen LogP contribution in [0.2, 0.25) is 0 Å². The summed E-state index contributed by atoms with van der Waals surface area (Å²) in [5.74, 6) is 0.650. The Bertz CT molecular complexity index is 934. The van der Waals surface area contributed by atoms with Crippen LogP contribution < -0.4 is 4.90 Å². The third kappa shape index (κ3) is 4.32. The van der Waals surface area contributed by atoms with Gasteiger partial charge in [-0.2, -0.15) is 18.3 Å². The molecule has 0 atom stereocenters. The Morgan fingerprint density at radius 2 is 1.87 bits per heavy atom. The van der Waals surface area contributed by atoms with Crippen LogP contribution in [0.5, 0.6) is 0 Å². The molecule has 2 fully saturated rings. The van der Waals surface area contributed by atoms with Crippen LogP contribution in [0.15, 0.2) is 18.6 Å². The lowest BCUT2D eigenvalue weighted by atomic mass is 9.72. The van der Waals surface area contributed by atoms with Crippen LogP contribution in [-0.4, -0.2) is 63.5 Å². The van der Waals surface area contributed by atoms with Gasteiger partial charge >= 0.3 is 12.3 Å². The van der Waals surface area contributed by atoms with Gasteiger partial charge in [0.2, 0.25) is 0 Å². The normalized spacial score (nSPS) is 19.3. The number of hydrogen-bond acceptors (Lipinski definition) is 5. The van der Waals surface area contributed by atoms with Crippen molar-refractivity contribution in [3.8, 4) is 0 Å². The summed E-state index contributed by atoms with van der Waals surface area (Å²) in [6, 6.07) is 1.51. The molecule has 0 aromatic carbocycles. The molecular weight excluding hydrogens is 399 g/mol. The SMILES string of the molecule is CC(C)(C)OC(=O)N1CC2(CCN(c3ncnn4cc(CC(F)(F)F)cc34)CC2)C1. The Labute approximate surface area is 172 Å². The molecule has 0 N–H and O–H groups in total. The summed E-state index contributed by atoms with van der Waals surface area (Å²) in [6.07, 6.45) is -0.975. The Balaban J connectivity index is 1.40. The molecule has 0 bridgehead atoms. The molecule has 1 amide bonds. The molecule has 7 nitrogen and oxygen atoms in total. The van der Waals surface area contributed by atoms with E-state index in [1.54, 1.807) is 4.90 Å². The molecule has 164 valence electrons. The van der Waals surface area contributed by atoms with Crippen molar-refractivity contribution in [1.29, 1.82) is 0 Å². The van der Waals surface area contributed by atoms with Crippen molar-refractivity contribution in [2.24, 2.45) is 5.41 Å². The zero-order valence-corrected chi connectivity index (χ0v) is 17.4. The van der Waals surface area contributed by atoms with Crippen LogP contribution in [0.1, 0.15) is 39.2 Å². The first-order valence-corrected chi connectivity index (χ1v) is 10.1. The van der Waals surface area contributed by atoms with E-state index in [-0.39, 0.29) is 17.1 Å². The molecule has 0 unspecified atom stereocenters. The molecule has 0 aliphatic carbocycles. The van der Waals surface area contributed by atoms with Crippen molar-refractivity contribution < 1.29 is 22.7 Å². The predicted molar refractivity (Wildman–Crippen MR) is 104 cm³/mol. The first-order chi connectivity index (χ1) is 13.9. The van der Waals surface area contributed by atoms with Crippen LogP contribution in [0.3, 0.4) is 0 Å². The third-order valence-corrected chi connectivity index (χ3v) is 5.67. The summed E-state index contributed by atoms with van der Waals surface area (Å²) in [4.78, 5) is 20.4. The van der Waals surface area contributed by atoms with Crippen LogP contribution in [0.4, 0.5) is 23.8 Å². The molecule has 0 radical (unpaired) electrons. The summed E-state index contributed by atoms with van der Waals surface area (Å²) in [6.45, 7) is 8.37. The van der Waals surface area contributed by atoms with E-state index in [2.05, 4.69) is 15.0 Å². The smallest absolute Gasteiger partial charge is 0.410 e. The van der Waals surface area contributed by atoms with Crippen LogP contribution in [0.25, 0.3) is 5.52 Å². The monoisotopic (exact) mass is 425 g/mol. The van der Waals surface area contributed by atoms with E-state index in [1.165, 1.54) is 23.1 Å². The van der Waals surface area contributed by atoms with Gasteiger partial charge in [-0.3, -0.25) is 0 Å². The second-order valence-electron chi connectivity index (χ2n) is 9.38. The van der Waals surface area contributed by atoms with Crippen molar-refractivity contribution in [2.45, 2.75) is 51.8 Å². The number of likely N-dealkylation sites (tertiary alicyclic amines) is 1. The fourth-order valence-corrected chi connectivity index (χ4v) is 4.27. The fraction of sp³-hybridized carbons (Fsp3) is 0.650. The average molecular weight is 425 g/mol. The summed E-state index contributed by atoms with van der Waals surface area (Å²) >= 11 is 0. The molecule has 4 rings (SSSR count). The zero-order chi connectivity index (χ0) is 21.7. The van der Waals surface area contributed by atoms with E-state index in [4.69, 9.17) is 4.74 Å². The minimum Gasteiger partial charge on any atom is -0.444 e. The maximum absolute atomic E-state index is 12.7. The lowest BCUT2D eigenvalue weighted by molar-refractivity contribution is -0.127. The van der Waals surface area contributed by atoms with Crippen molar-refractivity contribution in [3.63, 3.8) is 0 Å². The minimum absolute atomic E-state index is 0.0835. The molecule has 0 saturated carbocycles. The number of aromatic nitrogens is 3. The van der Waals surface area contributed by atoms with Gasteiger partial charge in [-0.1, -0.05) is 0 Å². The zero-order valence-electron chi connectivity index (χ0n) is 17.4. The number of rotatable bonds is 2. The number of carbonyl (C=O) groups excluding carboxylic acids is 1. The van der Waals surface area contributed by atoms with Gasteiger partial charge in [-0.15, -0.1) is 0 Å². The topological polar surface area (TPSA) is 63.0 Å². The standard InChI is InChI=1S/C20H26F3N5O2/c1-18(2,3)30-17(29)27-11-19(12-27)4-6-26(7-5-19)16-15-8-14(9-20(21,22)23)10-28(15)25-13-24-16/h8,10,13H,4-7,9,11-12H2,1-3H3. The summed E-state index contributed by atoms with van der Waals surface area (Å²) in [7, 11) is 0. The Morgan fingerprint density at radius 1 is 1.20 bits per heavy atom. The number of amides is 1. The second-order valence-corrected chi connectivity index (χ2v) is 9.38. The number of piperidine rings is 1. The van der Waals surface area contributed by atoms with Crippen molar-refractivity contribution >= 4 is 17.4 Å². The molecule has 2 aliphatic heterocycles. The maximum Gasteiger partial charge on any atom is 0.410 e. The van der Waals surface area contributed by atoms with Gasteiger partial charge in [0.05, 0.1) is 6.42 Å². The van der Waals surface area contributed by atoms with Crippen molar-refractivity contribution in [1.82, 2.24) is 19.5 Å². The summed E-state index contributed by atoms with van der Waals surface area (Å²) < 4.78 is 45.1. The molecule has 2 aromatic rings. The molecule has 2 aromatic heterocycles. The van der Waals surface area contributed by atoms with Crippen molar-refractivity contribution in [2.75, 3.05) is 31.1 Å². The van der Waals surface area contributed by atoms with Gasteiger partial charge in [0.1, 0.15) is 17.4 Å². The molecule has 2 aliphatic rings. The molecule has 1 spiro atoms. The Kier molecular flexibility index (Phi) is 4.85. The van der Waals surface area contributed by atoms with Gasteiger partial charge in [0.15, 0.2) is 5.82 Å². The van der Waals surface area contributed by atoms with Crippen molar-refractivity contribution in [3.05, 3.63) is 24.2 Å². The first-order valence-electron chi connectivity index (χ1n) is 10.1. The lowest BCUT2D eigenvalue weighted by Gasteiger charge is -2.53. The molecule has 2 saturated heterocycles. The number of alkyl halides is 3. The average Bonchev–Trinajstić information content (AvgIpc) is 2.98. The minimum atomic E-state index is -4.26. The quantitative estimate of drug-likeness (QED) is 0.735. The highest BCUT2D eigenvalue weighted by Gasteiger charge is 2.48. The number of carbonyl (C=O) groups is 1. The Morgan fingerprint density at radius 3 is 2.47 bits per heavy atom. The number of anilines is 1. The van der Waals surface area contributed by atoms with E-state index < -0.39 is 18.2 Å². The van der Waals surface area contributed by atoms with Gasteiger partial charge < -0.3 is 14.5 Å². The highest BCUT2D eigenvalue weighted by molar-refractivity contribution is 5.71. The predicted octanol–water partition coefficient (Wildman–Crippen LogP) is 3.67. The van der Waals surface area contributed by atoms with Gasteiger partial charge in [-0.05, 0) is 45.2 Å². The van der Waals surface area contributed by atoms with Crippen LogP contribution in [-0.2, 0) is 11.2 Å². The summed E-state index contributed by atoms with van der Waals surface area (Å²) in [5.41, 5.74) is 0.325. The number of nitrogens with zero attached hydrogens (tertiary/aromatic N) is 5. The first kappa shape index (κ1) is 20.7. The third-order valence-electron chi connectivity index (χ3n) is 5.67. The van der Waals surface area contributed by atoms with Gasteiger partial charge in [-0.25, -0.2) is 14.3 Å². The molecular formula is C20H26F3N5O2. The highest BCUT2D eigenvalue weighted by Crippen LogP contribution is 2.42. The van der Waals surface area contributed by atoms with Gasteiger partial charge in [0, 0.05) is 37.8 Å². The van der Waals surface area contributed by atoms with Crippen LogP contribution in [0, 0.1) is 5.41 Å². The molecule has 30 heavy (non-hydrogen) atoms.